The van der Waals surface area contributed by atoms with Gasteiger partial charge in [0.25, 0.3) is 0 Å². The topological polar surface area (TPSA) is 3.24 Å². The van der Waals surface area contributed by atoms with Gasteiger partial charge in [-0.25, -0.2) is 0 Å². The summed E-state index contributed by atoms with van der Waals surface area (Å²) in [4.78, 5) is 2.81. The van der Waals surface area contributed by atoms with E-state index in [1.165, 1.54) is 51.5 Å². The summed E-state index contributed by atoms with van der Waals surface area (Å²) >= 11 is 0. The molecular formula is C14H25N. The van der Waals surface area contributed by atoms with Crippen LogP contribution in [0, 0.1) is 5.92 Å². The molecule has 0 aliphatic carbocycles. The van der Waals surface area contributed by atoms with Crippen molar-refractivity contribution in [3.63, 3.8) is 0 Å². The lowest BCUT2D eigenvalue weighted by atomic mass is 9.78. The van der Waals surface area contributed by atoms with E-state index in [2.05, 4.69) is 24.5 Å². The van der Waals surface area contributed by atoms with Gasteiger partial charge in [0.05, 0.1) is 0 Å². The second-order valence-electron chi connectivity index (χ2n) is 5.22. The number of fused-ring (bicyclic) bond motifs is 1. The highest BCUT2D eigenvalue weighted by atomic mass is 15.2. The molecule has 15 heavy (non-hydrogen) atoms. The van der Waals surface area contributed by atoms with Crippen LogP contribution in [0.1, 0.15) is 51.9 Å². The number of rotatable bonds is 3. The lowest BCUT2D eigenvalue weighted by Crippen LogP contribution is -2.52. The highest BCUT2D eigenvalue weighted by Crippen LogP contribution is 2.36. The summed E-state index contributed by atoms with van der Waals surface area (Å²) < 4.78 is 0. The summed E-state index contributed by atoms with van der Waals surface area (Å²) in [6.45, 7) is 7.62. The Bertz CT molecular complexity index is 211. The second-order valence-corrected chi connectivity index (χ2v) is 5.22. The lowest BCUT2D eigenvalue weighted by Gasteiger charge is -2.49. The molecule has 1 nitrogen and oxygen atoms in total. The van der Waals surface area contributed by atoms with E-state index in [4.69, 9.17) is 0 Å². The van der Waals surface area contributed by atoms with Gasteiger partial charge in [0.1, 0.15) is 0 Å². The molecule has 86 valence electrons. The van der Waals surface area contributed by atoms with Crippen LogP contribution in [0.5, 0.6) is 0 Å². The molecule has 1 heteroatoms. The van der Waals surface area contributed by atoms with Crippen molar-refractivity contribution in [2.24, 2.45) is 5.92 Å². The van der Waals surface area contributed by atoms with Gasteiger partial charge in [-0.3, -0.25) is 4.90 Å². The molecule has 0 amide bonds. The maximum atomic E-state index is 3.90. The molecule has 0 spiro atoms. The van der Waals surface area contributed by atoms with Crippen molar-refractivity contribution in [3.05, 3.63) is 12.7 Å². The van der Waals surface area contributed by atoms with Crippen molar-refractivity contribution in [3.8, 4) is 0 Å². The Balaban J connectivity index is 2.04. The van der Waals surface area contributed by atoms with Gasteiger partial charge in [-0.1, -0.05) is 25.8 Å². The molecule has 2 aliphatic heterocycles. The summed E-state index contributed by atoms with van der Waals surface area (Å²) in [5.41, 5.74) is 0. The van der Waals surface area contributed by atoms with Crippen LogP contribution >= 0.6 is 0 Å². The highest BCUT2D eigenvalue weighted by Gasteiger charge is 2.36. The minimum atomic E-state index is 0.815. The monoisotopic (exact) mass is 207 g/mol. The third-order valence-corrected chi connectivity index (χ3v) is 4.44. The number of hydrogen-bond donors (Lipinski definition) is 0. The Morgan fingerprint density at radius 3 is 2.87 bits per heavy atom. The molecule has 2 heterocycles. The third-order valence-electron chi connectivity index (χ3n) is 4.44. The van der Waals surface area contributed by atoms with Crippen molar-refractivity contribution in [2.45, 2.75) is 64.0 Å². The smallest absolute Gasteiger partial charge is 0.0133 e. The second kappa shape index (κ2) is 5.16. The first kappa shape index (κ1) is 11.2. The van der Waals surface area contributed by atoms with Gasteiger partial charge in [-0.15, -0.1) is 6.58 Å². The Hall–Kier alpha value is -0.300. The molecule has 0 N–H and O–H groups in total. The average Bonchev–Trinajstić information content (AvgIpc) is 2.30. The largest absolute Gasteiger partial charge is 0.297 e. The normalized spacial score (nSPS) is 37.3. The van der Waals surface area contributed by atoms with Gasteiger partial charge in [0, 0.05) is 12.1 Å². The van der Waals surface area contributed by atoms with Crippen LogP contribution in [0.2, 0.25) is 0 Å². The van der Waals surface area contributed by atoms with E-state index >= 15 is 0 Å². The van der Waals surface area contributed by atoms with Crippen LogP contribution in [0.3, 0.4) is 0 Å². The van der Waals surface area contributed by atoms with Crippen LogP contribution in [0.4, 0.5) is 0 Å². The summed E-state index contributed by atoms with van der Waals surface area (Å²) in [7, 11) is 0. The number of hydrogen-bond acceptors (Lipinski definition) is 1. The van der Waals surface area contributed by atoms with Crippen LogP contribution in [0.15, 0.2) is 12.7 Å². The molecule has 0 radical (unpaired) electrons. The molecule has 0 aromatic heterocycles. The summed E-state index contributed by atoms with van der Waals surface area (Å²) in [5.74, 6) is 0.978. The molecule has 3 atom stereocenters. The van der Waals surface area contributed by atoms with Crippen LogP contribution in [-0.4, -0.2) is 23.5 Å². The molecule has 0 bridgehead atoms. The van der Waals surface area contributed by atoms with Crippen molar-refractivity contribution >= 4 is 0 Å². The van der Waals surface area contributed by atoms with E-state index in [0.717, 1.165) is 18.0 Å². The predicted molar refractivity (Wildman–Crippen MR) is 66.0 cm³/mol. The van der Waals surface area contributed by atoms with E-state index in [1.54, 1.807) is 0 Å². The summed E-state index contributed by atoms with van der Waals surface area (Å²) in [6, 6.07) is 1.72. The highest BCUT2D eigenvalue weighted by molar-refractivity contribution is 4.94. The zero-order valence-electron chi connectivity index (χ0n) is 10.1. The molecule has 0 aromatic carbocycles. The van der Waals surface area contributed by atoms with Gasteiger partial charge in [-0.05, 0) is 44.6 Å². The van der Waals surface area contributed by atoms with E-state index < -0.39 is 0 Å². The fourth-order valence-electron chi connectivity index (χ4n) is 3.63. The zero-order valence-corrected chi connectivity index (χ0v) is 10.1. The first-order valence-corrected chi connectivity index (χ1v) is 6.73. The van der Waals surface area contributed by atoms with Crippen molar-refractivity contribution in [1.82, 2.24) is 4.90 Å². The fraction of sp³-hybridized carbons (Fsp3) is 0.857. The Morgan fingerprint density at radius 1 is 1.27 bits per heavy atom. The van der Waals surface area contributed by atoms with E-state index in [0.29, 0.717) is 0 Å². The number of piperidine rings is 2. The van der Waals surface area contributed by atoms with E-state index in [1.807, 2.05) is 0 Å². The minimum absolute atomic E-state index is 0.815. The maximum Gasteiger partial charge on any atom is 0.0133 e. The van der Waals surface area contributed by atoms with Gasteiger partial charge < -0.3 is 0 Å². The fourth-order valence-corrected chi connectivity index (χ4v) is 3.63. The van der Waals surface area contributed by atoms with Gasteiger partial charge >= 0.3 is 0 Å². The van der Waals surface area contributed by atoms with Gasteiger partial charge in [-0.2, -0.15) is 0 Å². The Kier molecular flexibility index (Phi) is 3.85. The molecule has 2 saturated heterocycles. The molecular weight excluding hydrogens is 182 g/mol. The Labute approximate surface area is 94.5 Å². The zero-order chi connectivity index (χ0) is 10.7. The molecule has 2 rings (SSSR count). The van der Waals surface area contributed by atoms with Crippen molar-refractivity contribution in [2.75, 3.05) is 6.54 Å². The first-order valence-electron chi connectivity index (χ1n) is 6.73. The standard InChI is InChI=1S/C14H25N/c1-3-7-13-10-9-12(4-2)14-8-5-6-11-15(13)14/h3,12-14H,1,4-11H2,2H3/t12-,13+,14-/m0/s1. The SMILES string of the molecule is C=CC[C@@H]1CC[C@H](CC)[C@@H]2CCCCN12. The minimum Gasteiger partial charge on any atom is -0.297 e. The number of nitrogens with zero attached hydrogens (tertiary/aromatic N) is 1. The average molecular weight is 207 g/mol. The predicted octanol–water partition coefficient (Wildman–Crippen LogP) is 3.61. The Morgan fingerprint density at radius 2 is 2.13 bits per heavy atom. The summed E-state index contributed by atoms with van der Waals surface area (Å²) in [5, 5.41) is 0. The molecule has 0 saturated carbocycles. The van der Waals surface area contributed by atoms with Gasteiger partial charge in [0.15, 0.2) is 0 Å². The van der Waals surface area contributed by atoms with Crippen LogP contribution in [0.25, 0.3) is 0 Å². The van der Waals surface area contributed by atoms with Gasteiger partial charge in [0.2, 0.25) is 0 Å². The molecule has 2 aliphatic rings. The van der Waals surface area contributed by atoms with Crippen molar-refractivity contribution < 1.29 is 0 Å². The maximum absolute atomic E-state index is 3.90. The summed E-state index contributed by atoms with van der Waals surface area (Å²) in [6.07, 6.45) is 11.9. The van der Waals surface area contributed by atoms with E-state index in [-0.39, 0.29) is 0 Å². The first-order chi connectivity index (χ1) is 7.36. The third kappa shape index (κ3) is 2.28. The quantitative estimate of drug-likeness (QED) is 0.639. The van der Waals surface area contributed by atoms with Crippen molar-refractivity contribution in [1.29, 1.82) is 0 Å². The molecule has 0 aromatic rings. The molecule has 0 unspecified atom stereocenters. The molecule has 2 fully saturated rings. The van der Waals surface area contributed by atoms with Crippen LogP contribution in [-0.2, 0) is 0 Å². The van der Waals surface area contributed by atoms with Crippen LogP contribution < -0.4 is 0 Å². The lowest BCUT2D eigenvalue weighted by molar-refractivity contribution is 0.0118. The van der Waals surface area contributed by atoms with E-state index in [9.17, 15) is 0 Å².